The van der Waals surface area contributed by atoms with Crippen molar-refractivity contribution in [2.45, 2.75) is 38.2 Å². The minimum absolute atomic E-state index is 0.164. The number of methoxy groups -OCH3 is 1. The maximum Gasteiger partial charge on any atom is 0.332 e. The van der Waals surface area contributed by atoms with Gasteiger partial charge in [0.15, 0.2) is 5.60 Å². The second-order valence-corrected chi connectivity index (χ2v) is 5.81. The summed E-state index contributed by atoms with van der Waals surface area (Å²) in [5.74, 6) is 0.395. The van der Waals surface area contributed by atoms with E-state index >= 15 is 0 Å². The molecule has 110 valence electrons. The summed E-state index contributed by atoms with van der Waals surface area (Å²) in [5.41, 5.74) is 1.57. The van der Waals surface area contributed by atoms with Gasteiger partial charge >= 0.3 is 5.97 Å². The molecular weight excluding hydrogens is 268 g/mol. The first-order valence-corrected chi connectivity index (χ1v) is 7.12. The van der Waals surface area contributed by atoms with Crippen molar-refractivity contribution in [2.24, 2.45) is 0 Å². The number of fused-ring (bicyclic) bond motifs is 2. The van der Waals surface area contributed by atoms with Crippen LogP contribution in [0.25, 0.3) is 0 Å². The molecule has 3 rings (SSSR count). The second-order valence-electron chi connectivity index (χ2n) is 5.81. The Labute approximate surface area is 123 Å². The lowest BCUT2D eigenvalue weighted by atomic mass is 9.71. The zero-order valence-electron chi connectivity index (χ0n) is 12.4. The van der Waals surface area contributed by atoms with Crippen molar-refractivity contribution in [3.05, 3.63) is 41.0 Å². The van der Waals surface area contributed by atoms with Gasteiger partial charge in [-0.3, -0.25) is 4.79 Å². The Hall–Kier alpha value is -2.10. The van der Waals surface area contributed by atoms with Crippen LogP contribution in [0.15, 0.2) is 24.3 Å². The molecule has 1 heterocycles. The largest absolute Gasteiger partial charge is 0.496 e. The molecule has 1 aromatic rings. The van der Waals surface area contributed by atoms with Gasteiger partial charge in [0.1, 0.15) is 5.75 Å². The van der Waals surface area contributed by atoms with Crippen LogP contribution in [-0.4, -0.2) is 18.9 Å². The average Bonchev–Trinajstić information content (AvgIpc) is 2.46. The Morgan fingerprint density at radius 1 is 1.29 bits per heavy atom. The molecule has 1 aliphatic heterocycles. The second kappa shape index (κ2) is 4.72. The zero-order valence-corrected chi connectivity index (χ0v) is 12.4. The lowest BCUT2D eigenvalue weighted by Gasteiger charge is -2.40. The predicted octanol–water partition coefficient (Wildman–Crippen LogP) is 2.78. The van der Waals surface area contributed by atoms with Gasteiger partial charge in [-0.05, 0) is 43.4 Å². The van der Waals surface area contributed by atoms with Gasteiger partial charge in [-0.25, -0.2) is 4.79 Å². The number of ether oxygens (including phenoxy) is 2. The van der Waals surface area contributed by atoms with Crippen LogP contribution in [0.4, 0.5) is 0 Å². The number of aryl methyl sites for hydroxylation is 1. The van der Waals surface area contributed by atoms with Crippen molar-refractivity contribution in [1.82, 2.24) is 0 Å². The molecule has 4 nitrogen and oxygen atoms in total. The highest BCUT2D eigenvalue weighted by molar-refractivity contribution is 6.06. The molecule has 0 saturated heterocycles. The molecule has 1 aliphatic carbocycles. The van der Waals surface area contributed by atoms with Gasteiger partial charge in [0.05, 0.1) is 7.11 Å². The summed E-state index contributed by atoms with van der Waals surface area (Å²) < 4.78 is 11.0. The summed E-state index contributed by atoms with van der Waals surface area (Å²) >= 11 is 0. The number of benzene rings is 1. The minimum Gasteiger partial charge on any atom is -0.496 e. The van der Waals surface area contributed by atoms with Crippen molar-refractivity contribution in [3.8, 4) is 5.75 Å². The molecule has 0 fully saturated rings. The highest BCUT2D eigenvalue weighted by atomic mass is 16.6. The van der Waals surface area contributed by atoms with Gasteiger partial charge in [0.25, 0.3) is 0 Å². The molecule has 21 heavy (non-hydrogen) atoms. The SMILES string of the molecule is COc1cc(C)cc2c1C(C)CCC21OC(=O)C=CC1=O. The van der Waals surface area contributed by atoms with E-state index in [9.17, 15) is 9.59 Å². The molecule has 0 aromatic heterocycles. The number of hydrogen-bond acceptors (Lipinski definition) is 4. The van der Waals surface area contributed by atoms with Crippen LogP contribution >= 0.6 is 0 Å². The summed E-state index contributed by atoms with van der Waals surface area (Å²) in [4.78, 5) is 24.2. The number of ketones is 1. The van der Waals surface area contributed by atoms with E-state index in [1.54, 1.807) is 7.11 Å². The van der Waals surface area contributed by atoms with Crippen molar-refractivity contribution in [1.29, 1.82) is 0 Å². The first kappa shape index (κ1) is 13.9. The van der Waals surface area contributed by atoms with Crippen LogP contribution in [-0.2, 0) is 19.9 Å². The van der Waals surface area contributed by atoms with Crippen LogP contribution in [0, 0.1) is 6.92 Å². The molecule has 0 N–H and O–H groups in total. The lowest BCUT2D eigenvalue weighted by Crippen LogP contribution is -2.45. The van der Waals surface area contributed by atoms with Gasteiger partial charge < -0.3 is 9.47 Å². The first-order valence-electron chi connectivity index (χ1n) is 7.12. The number of carbonyl (C=O) groups is 2. The monoisotopic (exact) mass is 286 g/mol. The summed E-state index contributed by atoms with van der Waals surface area (Å²) in [6.45, 7) is 4.05. The number of carbonyl (C=O) groups excluding carboxylic acids is 2. The quantitative estimate of drug-likeness (QED) is 0.745. The molecule has 1 aromatic carbocycles. The van der Waals surface area contributed by atoms with Crippen LogP contribution < -0.4 is 4.74 Å². The number of hydrogen-bond donors (Lipinski definition) is 0. The van der Waals surface area contributed by atoms with Crippen LogP contribution in [0.2, 0.25) is 0 Å². The highest BCUT2D eigenvalue weighted by Crippen LogP contribution is 2.49. The minimum atomic E-state index is -1.17. The van der Waals surface area contributed by atoms with Crippen LogP contribution in [0.1, 0.15) is 42.4 Å². The molecular formula is C17H18O4. The smallest absolute Gasteiger partial charge is 0.332 e. The molecule has 0 amide bonds. The topological polar surface area (TPSA) is 52.6 Å². The fourth-order valence-corrected chi connectivity index (χ4v) is 3.37. The number of rotatable bonds is 1. The van der Waals surface area contributed by atoms with Crippen LogP contribution in [0.3, 0.4) is 0 Å². The molecule has 0 bridgehead atoms. The Morgan fingerprint density at radius 2 is 2.05 bits per heavy atom. The Bertz CT molecular complexity index is 659. The third-order valence-electron chi connectivity index (χ3n) is 4.41. The Balaban J connectivity index is 2.28. The summed E-state index contributed by atoms with van der Waals surface area (Å²) in [5, 5.41) is 0. The zero-order chi connectivity index (χ0) is 15.2. The molecule has 4 heteroatoms. The first-order chi connectivity index (χ1) is 9.98. The van der Waals surface area contributed by atoms with Gasteiger partial charge in [0, 0.05) is 17.2 Å². The highest BCUT2D eigenvalue weighted by Gasteiger charge is 2.49. The van der Waals surface area contributed by atoms with Crippen molar-refractivity contribution in [2.75, 3.05) is 7.11 Å². The van der Waals surface area contributed by atoms with Gasteiger partial charge in [-0.15, -0.1) is 0 Å². The molecule has 2 atom stereocenters. The fourth-order valence-electron chi connectivity index (χ4n) is 3.37. The maximum absolute atomic E-state index is 12.5. The Morgan fingerprint density at radius 3 is 2.76 bits per heavy atom. The molecule has 2 aliphatic rings. The standard InChI is InChI=1S/C17H18O4/c1-10-8-12-16(13(9-10)20-3)11(2)6-7-17(12)14(18)4-5-15(19)21-17/h4-5,8-9,11H,6-7H2,1-3H3. The number of esters is 1. The van der Waals surface area contributed by atoms with E-state index in [-0.39, 0.29) is 11.7 Å². The summed E-state index contributed by atoms with van der Waals surface area (Å²) in [6, 6.07) is 3.90. The van der Waals surface area contributed by atoms with E-state index in [4.69, 9.17) is 9.47 Å². The molecule has 1 spiro atoms. The lowest BCUT2D eigenvalue weighted by molar-refractivity contribution is -0.166. The van der Waals surface area contributed by atoms with E-state index in [1.807, 2.05) is 19.1 Å². The molecule has 2 unspecified atom stereocenters. The summed E-state index contributed by atoms with van der Waals surface area (Å²) in [6.07, 6.45) is 3.82. The van der Waals surface area contributed by atoms with Gasteiger partial charge in [0.2, 0.25) is 5.78 Å². The Kier molecular flexibility index (Phi) is 3.12. The molecule has 0 saturated carbocycles. The third-order valence-corrected chi connectivity index (χ3v) is 4.41. The van der Waals surface area contributed by atoms with Crippen molar-refractivity contribution >= 4 is 11.8 Å². The van der Waals surface area contributed by atoms with Crippen LogP contribution in [0.5, 0.6) is 5.75 Å². The fraction of sp³-hybridized carbons (Fsp3) is 0.412. The van der Waals surface area contributed by atoms with Crippen molar-refractivity contribution in [3.63, 3.8) is 0 Å². The van der Waals surface area contributed by atoms with E-state index in [2.05, 4.69) is 6.92 Å². The van der Waals surface area contributed by atoms with E-state index in [0.29, 0.717) is 6.42 Å². The summed E-state index contributed by atoms with van der Waals surface area (Å²) in [7, 11) is 1.62. The molecule has 0 radical (unpaired) electrons. The van der Waals surface area contributed by atoms with Crippen molar-refractivity contribution < 1.29 is 19.1 Å². The van der Waals surface area contributed by atoms with E-state index in [1.165, 1.54) is 12.2 Å². The normalized spacial score (nSPS) is 27.5. The van der Waals surface area contributed by atoms with Gasteiger partial charge in [-0.1, -0.05) is 13.0 Å². The van der Waals surface area contributed by atoms with E-state index < -0.39 is 11.6 Å². The predicted molar refractivity (Wildman–Crippen MR) is 77.3 cm³/mol. The van der Waals surface area contributed by atoms with Gasteiger partial charge in [-0.2, -0.15) is 0 Å². The maximum atomic E-state index is 12.5. The average molecular weight is 286 g/mol. The van der Waals surface area contributed by atoms with E-state index in [0.717, 1.165) is 28.9 Å². The third kappa shape index (κ3) is 1.97.